The largest absolute Gasteiger partial charge is 0.497 e. The third-order valence-corrected chi connectivity index (χ3v) is 9.95. The molecule has 1 saturated heterocycles. The predicted octanol–water partition coefficient (Wildman–Crippen LogP) is 5.37. The third kappa shape index (κ3) is 5.12. The van der Waals surface area contributed by atoms with E-state index in [1.54, 1.807) is 36.4 Å². The summed E-state index contributed by atoms with van der Waals surface area (Å²) in [6.07, 6.45) is -4.69. The lowest BCUT2D eigenvalue weighted by molar-refractivity contribution is -0.137. The van der Waals surface area contributed by atoms with Crippen LogP contribution in [-0.2, 0) is 27.1 Å². The van der Waals surface area contributed by atoms with Gasteiger partial charge in [0.15, 0.2) is 0 Å². The van der Waals surface area contributed by atoms with Gasteiger partial charge in [-0.15, -0.1) is 0 Å². The lowest BCUT2D eigenvalue weighted by Crippen LogP contribution is -2.33. The van der Waals surface area contributed by atoms with Crippen LogP contribution in [0.3, 0.4) is 0 Å². The number of thiazole rings is 1. The summed E-state index contributed by atoms with van der Waals surface area (Å²) in [7, 11) is 1.50. The first kappa shape index (κ1) is 28.7. The van der Waals surface area contributed by atoms with E-state index in [9.17, 15) is 32.3 Å². The number of alkyl halides is 3. The molecule has 3 amide bonds. The molecule has 6 rings (SSSR count). The molecule has 0 aliphatic carbocycles. The van der Waals surface area contributed by atoms with Gasteiger partial charge in [0.2, 0.25) is 17.7 Å². The van der Waals surface area contributed by atoms with E-state index >= 15 is 0 Å². The van der Waals surface area contributed by atoms with E-state index in [2.05, 4.69) is 5.32 Å². The molecule has 1 fully saturated rings. The van der Waals surface area contributed by atoms with Crippen molar-refractivity contribution in [2.45, 2.75) is 28.9 Å². The van der Waals surface area contributed by atoms with Crippen molar-refractivity contribution in [1.29, 1.82) is 0 Å². The average Bonchev–Trinajstić information content (AvgIpc) is 3.43. The molecule has 1 N–H and O–H groups in total. The number of para-hydroxylation sites is 1. The fourth-order valence-electron chi connectivity index (χ4n) is 5.43. The molecule has 220 valence electrons. The number of hydrogen-bond donors (Lipinski definition) is 1. The Balaban J connectivity index is 1.38. The summed E-state index contributed by atoms with van der Waals surface area (Å²) in [5.74, 6) is -2.65. The van der Waals surface area contributed by atoms with Crippen molar-refractivity contribution in [1.82, 2.24) is 4.57 Å². The van der Waals surface area contributed by atoms with Crippen LogP contribution in [0.25, 0.3) is 0 Å². The third-order valence-electron chi connectivity index (χ3n) is 7.35. The van der Waals surface area contributed by atoms with Gasteiger partial charge in [-0.1, -0.05) is 65.6 Å². The van der Waals surface area contributed by atoms with Crippen LogP contribution in [0.5, 0.6) is 5.75 Å². The number of imide groups is 1. The zero-order chi connectivity index (χ0) is 30.5. The SMILES string of the molecule is COc1ccc(N2C(=O)C3Sc4c(sc(=O)n4CC(=O)Nc4ccccc4C(F)(F)F)C(c4ccccc4)C3C2=O)cc1. The first-order valence-electron chi connectivity index (χ1n) is 13.0. The molecule has 0 bridgehead atoms. The summed E-state index contributed by atoms with van der Waals surface area (Å²) in [5, 5.41) is 1.70. The maximum Gasteiger partial charge on any atom is 0.418 e. The second-order valence-electron chi connectivity index (χ2n) is 9.88. The Morgan fingerprint density at radius 3 is 2.28 bits per heavy atom. The van der Waals surface area contributed by atoms with Crippen LogP contribution in [0.4, 0.5) is 24.5 Å². The molecule has 2 aliphatic rings. The number of halogens is 3. The highest BCUT2D eigenvalue weighted by atomic mass is 32.2. The maximum atomic E-state index is 13.9. The Morgan fingerprint density at radius 1 is 0.930 bits per heavy atom. The monoisotopic (exact) mass is 625 g/mol. The molecule has 43 heavy (non-hydrogen) atoms. The lowest BCUT2D eigenvalue weighted by atomic mass is 9.83. The summed E-state index contributed by atoms with van der Waals surface area (Å²) in [6.45, 7) is -0.576. The Hall–Kier alpha value is -4.36. The summed E-state index contributed by atoms with van der Waals surface area (Å²) < 4.78 is 46.8. The first-order chi connectivity index (χ1) is 20.6. The second kappa shape index (κ2) is 11.0. The summed E-state index contributed by atoms with van der Waals surface area (Å²) in [6, 6.07) is 20.1. The van der Waals surface area contributed by atoms with Crippen molar-refractivity contribution in [2.24, 2.45) is 5.92 Å². The number of nitrogens with zero attached hydrogens (tertiary/aromatic N) is 2. The van der Waals surface area contributed by atoms with Crippen molar-refractivity contribution in [3.05, 3.63) is 105 Å². The zero-order valence-corrected chi connectivity index (χ0v) is 24.0. The number of methoxy groups -OCH3 is 1. The van der Waals surface area contributed by atoms with Gasteiger partial charge in [0.1, 0.15) is 17.5 Å². The van der Waals surface area contributed by atoms with Crippen LogP contribution < -0.4 is 19.8 Å². The number of nitrogens with one attached hydrogen (secondary N) is 1. The molecule has 13 heteroatoms. The molecular weight excluding hydrogens is 603 g/mol. The van der Waals surface area contributed by atoms with Gasteiger partial charge in [-0.05, 0) is 42.0 Å². The second-order valence-corrected chi connectivity index (χ2v) is 12.0. The van der Waals surface area contributed by atoms with Crippen LogP contribution >= 0.6 is 23.1 Å². The topological polar surface area (TPSA) is 97.7 Å². The lowest BCUT2D eigenvalue weighted by Gasteiger charge is -2.30. The highest BCUT2D eigenvalue weighted by molar-refractivity contribution is 8.00. The average molecular weight is 626 g/mol. The van der Waals surface area contributed by atoms with E-state index in [0.29, 0.717) is 26.9 Å². The molecule has 3 heterocycles. The van der Waals surface area contributed by atoms with Gasteiger partial charge >= 0.3 is 11.0 Å². The molecule has 8 nitrogen and oxygen atoms in total. The van der Waals surface area contributed by atoms with Gasteiger partial charge in [0.25, 0.3) is 0 Å². The van der Waals surface area contributed by atoms with E-state index in [4.69, 9.17) is 4.74 Å². The van der Waals surface area contributed by atoms with Gasteiger partial charge in [0, 0.05) is 10.8 Å². The number of ether oxygens (including phenoxy) is 1. The molecule has 4 aromatic rings. The van der Waals surface area contributed by atoms with Crippen molar-refractivity contribution >= 4 is 52.2 Å². The Bertz CT molecular complexity index is 1790. The van der Waals surface area contributed by atoms with Gasteiger partial charge in [-0.2, -0.15) is 13.2 Å². The van der Waals surface area contributed by atoms with E-state index < -0.39 is 63.7 Å². The normalized spacial score (nSPS) is 19.6. The molecule has 1 aromatic heterocycles. The van der Waals surface area contributed by atoms with Gasteiger partial charge in [-0.25, -0.2) is 4.90 Å². The van der Waals surface area contributed by atoms with Crippen LogP contribution in [0.2, 0.25) is 0 Å². The number of benzene rings is 3. The van der Waals surface area contributed by atoms with Crippen molar-refractivity contribution < 1.29 is 32.3 Å². The van der Waals surface area contributed by atoms with E-state index in [1.165, 1.54) is 19.2 Å². The molecule has 0 spiro atoms. The standard InChI is InChI=1S/C30H22F3N3O5S2/c1-41-18-13-11-17(12-14-18)36-26(38)23-22(16-7-3-2-4-8-16)25-28(42-24(23)27(36)39)35(29(40)43-25)15-21(37)34-20-10-6-5-9-19(20)30(31,32)33/h2-14,22-24H,15H2,1H3,(H,34,37). The van der Waals surface area contributed by atoms with Crippen LogP contribution in [0.15, 0.2) is 88.7 Å². The number of rotatable bonds is 6. The molecule has 3 unspecified atom stereocenters. The van der Waals surface area contributed by atoms with Crippen molar-refractivity contribution in [3.63, 3.8) is 0 Å². The van der Waals surface area contributed by atoms with E-state index in [0.717, 1.165) is 44.7 Å². The minimum Gasteiger partial charge on any atom is -0.497 e. The molecule has 3 atom stereocenters. The molecule has 0 radical (unpaired) electrons. The molecule has 2 aliphatic heterocycles. The quantitative estimate of drug-likeness (QED) is 0.290. The Kier molecular flexibility index (Phi) is 7.38. The number of anilines is 2. The van der Waals surface area contributed by atoms with Crippen molar-refractivity contribution in [3.8, 4) is 5.75 Å². The summed E-state index contributed by atoms with van der Waals surface area (Å²) in [5.41, 5.74) is -0.355. The van der Waals surface area contributed by atoms with Crippen molar-refractivity contribution in [2.75, 3.05) is 17.3 Å². The fourth-order valence-corrected chi connectivity index (χ4v) is 8.21. The minimum atomic E-state index is -4.69. The number of fused-ring (bicyclic) bond motifs is 2. The minimum absolute atomic E-state index is 0.335. The highest BCUT2D eigenvalue weighted by Gasteiger charge is 2.56. The smallest absolute Gasteiger partial charge is 0.418 e. The van der Waals surface area contributed by atoms with E-state index in [-0.39, 0.29) is 0 Å². The highest BCUT2D eigenvalue weighted by Crippen LogP contribution is 2.53. The summed E-state index contributed by atoms with van der Waals surface area (Å²) >= 11 is 1.88. The number of carbonyl (C=O) groups is 3. The molecule has 0 saturated carbocycles. The Labute approximate surface area is 251 Å². The Morgan fingerprint density at radius 2 is 1.60 bits per heavy atom. The van der Waals surface area contributed by atoms with Gasteiger partial charge in [0.05, 0.1) is 35.0 Å². The van der Waals surface area contributed by atoms with Gasteiger partial charge in [-0.3, -0.25) is 23.7 Å². The van der Waals surface area contributed by atoms with Crippen LogP contribution in [-0.4, -0.2) is 34.6 Å². The summed E-state index contributed by atoms with van der Waals surface area (Å²) in [4.78, 5) is 55.1. The fraction of sp³-hybridized carbons (Fsp3) is 0.200. The molecular formula is C30H22F3N3O5S2. The molecule has 3 aromatic carbocycles. The van der Waals surface area contributed by atoms with Crippen LogP contribution in [0, 0.1) is 5.92 Å². The number of amides is 3. The maximum absolute atomic E-state index is 13.9. The first-order valence-corrected chi connectivity index (χ1v) is 14.7. The predicted molar refractivity (Wildman–Crippen MR) is 156 cm³/mol. The zero-order valence-electron chi connectivity index (χ0n) is 22.3. The van der Waals surface area contributed by atoms with Gasteiger partial charge < -0.3 is 10.1 Å². The van der Waals surface area contributed by atoms with Crippen LogP contribution in [0.1, 0.15) is 21.9 Å². The number of carbonyl (C=O) groups excluding carboxylic acids is 3. The number of thioether (sulfide) groups is 1. The van der Waals surface area contributed by atoms with E-state index in [1.807, 2.05) is 18.2 Å². The number of hydrogen-bond acceptors (Lipinski definition) is 7. The number of aromatic nitrogens is 1.